The molecule has 1 N–H and O–H groups in total. The summed E-state index contributed by atoms with van der Waals surface area (Å²) in [4.78, 5) is 18.2. The number of rotatable bonds is 1. The molecule has 0 aliphatic carbocycles. The molecule has 5 heteroatoms. The lowest BCUT2D eigenvalue weighted by atomic mass is 9.94. The molecule has 0 amide bonds. The van der Waals surface area contributed by atoms with Crippen LogP contribution in [0.4, 0.5) is 0 Å². The van der Waals surface area contributed by atoms with E-state index in [1.807, 2.05) is 24.3 Å². The fourth-order valence-corrected chi connectivity index (χ4v) is 3.53. The maximum Gasteiger partial charge on any atom is 0.262 e. The van der Waals surface area contributed by atoms with Crippen LogP contribution >= 0.6 is 12.2 Å². The summed E-state index contributed by atoms with van der Waals surface area (Å²) in [5.74, 6) is 0.419. The Morgan fingerprint density at radius 1 is 1.35 bits per heavy atom. The van der Waals surface area contributed by atoms with Crippen LogP contribution in [-0.4, -0.2) is 34.6 Å². The zero-order valence-corrected chi connectivity index (χ0v) is 12.6. The first-order valence-electron chi connectivity index (χ1n) is 7.00. The van der Waals surface area contributed by atoms with Crippen LogP contribution in [0.1, 0.15) is 19.4 Å². The Hall–Kier alpha value is -1.46. The molecule has 0 bridgehead atoms. The maximum atomic E-state index is 12.7. The molecule has 3 rings (SSSR count). The van der Waals surface area contributed by atoms with E-state index in [4.69, 9.17) is 12.2 Å². The number of hydrogen-bond acceptors (Lipinski definition) is 3. The van der Waals surface area contributed by atoms with Crippen molar-refractivity contribution < 1.29 is 0 Å². The lowest BCUT2D eigenvalue weighted by Gasteiger charge is -2.35. The summed E-state index contributed by atoms with van der Waals surface area (Å²) in [6.45, 7) is 4.19. The van der Waals surface area contributed by atoms with E-state index in [2.05, 4.69) is 23.9 Å². The van der Waals surface area contributed by atoms with Gasteiger partial charge in [0.25, 0.3) is 5.56 Å². The SMILES string of the molecule is CC1CN(C)CCC1n1c(=S)[nH]c2ccccc2c1=O. The standard InChI is InChI=1S/C15H19N3OS/c1-10-9-17(2)8-7-13(10)18-14(19)11-5-3-4-6-12(11)16-15(18)20/h3-6,10,13H,7-9H2,1-2H3,(H,16,20). The topological polar surface area (TPSA) is 41.0 Å². The Morgan fingerprint density at radius 3 is 2.85 bits per heavy atom. The van der Waals surface area contributed by atoms with Gasteiger partial charge in [-0.2, -0.15) is 0 Å². The molecule has 2 atom stereocenters. The van der Waals surface area contributed by atoms with Crippen LogP contribution in [0, 0.1) is 10.7 Å². The molecule has 2 heterocycles. The molecule has 106 valence electrons. The fourth-order valence-electron chi connectivity index (χ4n) is 3.20. The number of nitrogens with one attached hydrogen (secondary N) is 1. The summed E-state index contributed by atoms with van der Waals surface area (Å²) < 4.78 is 2.32. The smallest absolute Gasteiger partial charge is 0.262 e. The Labute approximate surface area is 123 Å². The monoisotopic (exact) mass is 289 g/mol. The number of fused-ring (bicyclic) bond motifs is 1. The van der Waals surface area contributed by atoms with Gasteiger partial charge in [-0.3, -0.25) is 9.36 Å². The highest BCUT2D eigenvalue weighted by molar-refractivity contribution is 7.71. The van der Waals surface area contributed by atoms with E-state index in [0.717, 1.165) is 25.0 Å². The summed E-state index contributed by atoms with van der Waals surface area (Å²) in [5.41, 5.74) is 0.852. The molecular formula is C15H19N3OS. The van der Waals surface area contributed by atoms with Crippen LogP contribution in [0.25, 0.3) is 10.9 Å². The number of aromatic amines is 1. The van der Waals surface area contributed by atoms with Crippen molar-refractivity contribution in [3.63, 3.8) is 0 Å². The van der Waals surface area contributed by atoms with Crippen molar-refractivity contribution in [3.8, 4) is 0 Å². The van der Waals surface area contributed by atoms with Crippen molar-refractivity contribution in [2.45, 2.75) is 19.4 Å². The van der Waals surface area contributed by atoms with Gasteiger partial charge < -0.3 is 9.88 Å². The van der Waals surface area contributed by atoms with Gasteiger partial charge in [-0.25, -0.2) is 0 Å². The van der Waals surface area contributed by atoms with E-state index in [9.17, 15) is 4.79 Å². The Morgan fingerprint density at radius 2 is 2.10 bits per heavy atom. The van der Waals surface area contributed by atoms with Crippen molar-refractivity contribution in [3.05, 3.63) is 39.4 Å². The molecule has 4 nitrogen and oxygen atoms in total. The van der Waals surface area contributed by atoms with E-state index in [-0.39, 0.29) is 11.6 Å². The normalized spacial score (nSPS) is 24.1. The zero-order chi connectivity index (χ0) is 14.3. The van der Waals surface area contributed by atoms with Crippen molar-refractivity contribution in [2.24, 2.45) is 5.92 Å². The van der Waals surface area contributed by atoms with Gasteiger partial charge in [0, 0.05) is 12.6 Å². The van der Waals surface area contributed by atoms with Gasteiger partial charge in [-0.15, -0.1) is 0 Å². The molecule has 1 aromatic carbocycles. The molecule has 2 aromatic rings. The van der Waals surface area contributed by atoms with Crippen LogP contribution in [0.15, 0.2) is 29.1 Å². The first-order chi connectivity index (χ1) is 9.58. The van der Waals surface area contributed by atoms with E-state index in [1.165, 1.54) is 0 Å². The number of nitrogens with zero attached hydrogens (tertiary/aromatic N) is 2. The quantitative estimate of drug-likeness (QED) is 0.820. The minimum absolute atomic E-state index is 0.0331. The van der Waals surface area contributed by atoms with E-state index >= 15 is 0 Å². The van der Waals surface area contributed by atoms with Gasteiger partial charge in [0.2, 0.25) is 0 Å². The molecule has 1 aliphatic heterocycles. The predicted octanol–water partition coefficient (Wildman–Crippen LogP) is 2.57. The minimum atomic E-state index is 0.0331. The Balaban J connectivity index is 2.17. The van der Waals surface area contributed by atoms with Gasteiger partial charge in [-0.1, -0.05) is 19.1 Å². The number of H-pyrrole nitrogens is 1. The second-order valence-corrected chi connectivity index (χ2v) is 6.13. The molecule has 0 saturated carbocycles. The van der Waals surface area contributed by atoms with Crippen LogP contribution < -0.4 is 5.56 Å². The number of likely N-dealkylation sites (tertiary alicyclic amines) is 1. The van der Waals surface area contributed by atoms with Gasteiger partial charge in [0.1, 0.15) is 0 Å². The molecule has 1 aromatic heterocycles. The van der Waals surface area contributed by atoms with Crippen molar-refractivity contribution in [1.82, 2.24) is 14.5 Å². The third-order valence-electron chi connectivity index (χ3n) is 4.23. The maximum absolute atomic E-state index is 12.7. The van der Waals surface area contributed by atoms with Crippen LogP contribution in [0.5, 0.6) is 0 Å². The highest BCUT2D eigenvalue weighted by atomic mass is 32.1. The lowest BCUT2D eigenvalue weighted by molar-refractivity contribution is 0.155. The third kappa shape index (κ3) is 2.21. The van der Waals surface area contributed by atoms with Crippen LogP contribution in [0.2, 0.25) is 0 Å². The molecule has 2 unspecified atom stereocenters. The summed E-state index contributed by atoms with van der Waals surface area (Å²) in [7, 11) is 2.12. The molecular weight excluding hydrogens is 270 g/mol. The first kappa shape index (κ1) is 13.5. The molecule has 0 radical (unpaired) electrons. The molecule has 20 heavy (non-hydrogen) atoms. The van der Waals surface area contributed by atoms with Crippen molar-refractivity contribution in [1.29, 1.82) is 0 Å². The minimum Gasteiger partial charge on any atom is -0.332 e. The summed E-state index contributed by atoms with van der Waals surface area (Å²) in [6, 6.07) is 7.75. The first-order valence-corrected chi connectivity index (χ1v) is 7.41. The average molecular weight is 289 g/mol. The second-order valence-electron chi connectivity index (χ2n) is 5.75. The average Bonchev–Trinajstić information content (AvgIpc) is 2.41. The molecule has 1 aliphatic rings. The number of para-hydroxylation sites is 1. The van der Waals surface area contributed by atoms with Gasteiger partial charge in [0.05, 0.1) is 10.9 Å². The largest absolute Gasteiger partial charge is 0.332 e. The predicted molar refractivity (Wildman–Crippen MR) is 83.7 cm³/mol. The summed E-state index contributed by atoms with van der Waals surface area (Å²) in [5, 5.41) is 0.715. The summed E-state index contributed by atoms with van der Waals surface area (Å²) >= 11 is 5.42. The van der Waals surface area contributed by atoms with Crippen molar-refractivity contribution in [2.75, 3.05) is 20.1 Å². The van der Waals surface area contributed by atoms with E-state index in [0.29, 0.717) is 16.1 Å². The highest BCUT2D eigenvalue weighted by Gasteiger charge is 2.27. The van der Waals surface area contributed by atoms with E-state index < -0.39 is 0 Å². The lowest BCUT2D eigenvalue weighted by Crippen LogP contribution is -2.41. The molecule has 1 fully saturated rings. The Bertz CT molecular complexity index is 749. The number of benzene rings is 1. The highest BCUT2D eigenvalue weighted by Crippen LogP contribution is 2.26. The summed E-state index contributed by atoms with van der Waals surface area (Å²) in [6.07, 6.45) is 0.966. The fraction of sp³-hybridized carbons (Fsp3) is 0.467. The van der Waals surface area contributed by atoms with Gasteiger partial charge in [-0.05, 0) is 50.3 Å². The zero-order valence-electron chi connectivity index (χ0n) is 11.8. The number of hydrogen-bond donors (Lipinski definition) is 1. The number of piperidine rings is 1. The van der Waals surface area contributed by atoms with E-state index in [1.54, 1.807) is 4.57 Å². The van der Waals surface area contributed by atoms with Gasteiger partial charge >= 0.3 is 0 Å². The van der Waals surface area contributed by atoms with Crippen molar-refractivity contribution >= 4 is 23.1 Å². The number of aromatic nitrogens is 2. The Kier molecular flexibility index (Phi) is 3.48. The van der Waals surface area contributed by atoms with Crippen LogP contribution in [0.3, 0.4) is 0 Å². The van der Waals surface area contributed by atoms with Gasteiger partial charge in [0.15, 0.2) is 4.77 Å². The molecule has 1 saturated heterocycles. The van der Waals surface area contributed by atoms with Crippen LogP contribution in [-0.2, 0) is 0 Å². The molecule has 0 spiro atoms. The second kappa shape index (κ2) is 5.14. The third-order valence-corrected chi connectivity index (χ3v) is 4.53.